The van der Waals surface area contributed by atoms with Crippen molar-refractivity contribution in [3.05, 3.63) is 53.6 Å². The maximum atomic E-state index is 12.7. The number of aliphatic carboxylic acids is 1. The van der Waals surface area contributed by atoms with Gasteiger partial charge in [0.05, 0.1) is 13.0 Å². The van der Waals surface area contributed by atoms with E-state index >= 15 is 0 Å². The van der Waals surface area contributed by atoms with Crippen LogP contribution in [0.5, 0.6) is 17.2 Å². The van der Waals surface area contributed by atoms with Crippen LogP contribution in [0.3, 0.4) is 0 Å². The van der Waals surface area contributed by atoms with Crippen LogP contribution in [0.1, 0.15) is 36.4 Å². The molecule has 2 unspecified atom stereocenters. The van der Waals surface area contributed by atoms with Crippen molar-refractivity contribution in [2.75, 3.05) is 32.9 Å². The number of rotatable bonds is 9. The molecule has 178 valence electrons. The highest BCUT2D eigenvalue weighted by Crippen LogP contribution is 2.47. The molecule has 0 radical (unpaired) electrons. The molecule has 33 heavy (non-hydrogen) atoms. The first-order valence-corrected chi connectivity index (χ1v) is 12.5. The van der Waals surface area contributed by atoms with E-state index in [2.05, 4.69) is 4.72 Å². The van der Waals surface area contributed by atoms with Crippen molar-refractivity contribution in [1.29, 1.82) is 0 Å². The summed E-state index contributed by atoms with van der Waals surface area (Å²) in [5.41, 5.74) is 1.49. The predicted octanol–water partition coefficient (Wildman–Crippen LogP) is 2.55. The number of ether oxygens (including phenoxy) is 3. The van der Waals surface area contributed by atoms with Crippen LogP contribution in [0.15, 0.2) is 42.5 Å². The van der Waals surface area contributed by atoms with E-state index in [-0.39, 0.29) is 19.2 Å². The topological polar surface area (TPSA) is 114 Å². The molecule has 10 heteroatoms. The lowest BCUT2D eigenvalue weighted by molar-refractivity contribution is -0.143. The Labute approximate surface area is 193 Å². The lowest BCUT2D eigenvalue weighted by atomic mass is 9.83. The summed E-state index contributed by atoms with van der Waals surface area (Å²) < 4.78 is 44.2. The Kier molecular flexibility index (Phi) is 6.78. The monoisotopic (exact) mass is 476 g/mol. The Morgan fingerprint density at radius 1 is 1.15 bits per heavy atom. The molecule has 2 heterocycles. The van der Waals surface area contributed by atoms with E-state index in [0.29, 0.717) is 30.2 Å². The van der Waals surface area contributed by atoms with E-state index < -0.39 is 33.9 Å². The number of carboxylic acid groups (broad SMARTS) is 1. The Morgan fingerprint density at radius 2 is 1.85 bits per heavy atom. The van der Waals surface area contributed by atoms with Crippen LogP contribution in [-0.2, 0) is 14.8 Å². The van der Waals surface area contributed by atoms with Crippen molar-refractivity contribution in [1.82, 2.24) is 9.62 Å². The summed E-state index contributed by atoms with van der Waals surface area (Å²) in [6.45, 7) is 2.60. The van der Waals surface area contributed by atoms with Crippen molar-refractivity contribution >= 4 is 16.0 Å². The highest BCUT2D eigenvalue weighted by molar-refractivity contribution is 7.89. The molecule has 2 aromatic rings. The fourth-order valence-electron chi connectivity index (χ4n) is 4.56. The summed E-state index contributed by atoms with van der Waals surface area (Å²) in [5.74, 6) is -0.772. The van der Waals surface area contributed by atoms with Gasteiger partial charge in [0.15, 0.2) is 11.5 Å². The summed E-state index contributed by atoms with van der Waals surface area (Å²) in [5, 5.41) is 10.3. The zero-order chi connectivity index (χ0) is 23.6. The van der Waals surface area contributed by atoms with E-state index in [1.807, 2.05) is 13.0 Å². The number of carbonyl (C=O) groups is 1. The summed E-state index contributed by atoms with van der Waals surface area (Å²) in [7, 11) is -2.08. The molecule has 2 aromatic carbocycles. The molecule has 0 spiro atoms. The van der Waals surface area contributed by atoms with E-state index in [1.54, 1.807) is 48.4 Å². The van der Waals surface area contributed by atoms with Gasteiger partial charge in [0.25, 0.3) is 0 Å². The molecule has 2 aliphatic heterocycles. The van der Waals surface area contributed by atoms with Crippen LogP contribution < -0.4 is 18.9 Å². The average Bonchev–Trinajstić information content (AvgIpc) is 3.41. The van der Waals surface area contributed by atoms with Crippen molar-refractivity contribution in [3.8, 4) is 17.2 Å². The third kappa shape index (κ3) is 4.92. The first-order valence-electron chi connectivity index (χ1n) is 10.8. The Balaban J connectivity index is 1.73. The molecular formula is C23H28N2O7S. The highest BCUT2D eigenvalue weighted by Gasteiger charge is 2.48. The van der Waals surface area contributed by atoms with Crippen molar-refractivity contribution < 1.29 is 32.5 Å². The lowest BCUT2D eigenvalue weighted by Crippen LogP contribution is -2.38. The average molecular weight is 477 g/mol. The van der Waals surface area contributed by atoms with Crippen molar-refractivity contribution in [3.63, 3.8) is 0 Å². The van der Waals surface area contributed by atoms with Gasteiger partial charge in [-0.05, 0) is 41.8 Å². The number of hydrogen-bond donors (Lipinski definition) is 2. The fraction of sp³-hybridized carbons (Fsp3) is 0.435. The number of benzene rings is 2. The van der Waals surface area contributed by atoms with Gasteiger partial charge in [-0.25, -0.2) is 13.1 Å². The molecule has 0 aliphatic carbocycles. The zero-order valence-corrected chi connectivity index (χ0v) is 19.4. The van der Waals surface area contributed by atoms with Crippen LogP contribution >= 0.6 is 0 Å². The van der Waals surface area contributed by atoms with Crippen LogP contribution in [0.2, 0.25) is 0 Å². The van der Waals surface area contributed by atoms with Gasteiger partial charge in [-0.3, -0.25) is 9.69 Å². The summed E-state index contributed by atoms with van der Waals surface area (Å²) in [4.78, 5) is 14.3. The molecule has 2 N–H and O–H groups in total. The van der Waals surface area contributed by atoms with Crippen LogP contribution in [-0.4, -0.2) is 57.3 Å². The number of nitrogens with one attached hydrogen (secondary N) is 1. The normalized spacial score (nSPS) is 22.4. The summed E-state index contributed by atoms with van der Waals surface area (Å²) in [6.07, 6.45) is 0.665. The molecule has 2 aliphatic rings. The van der Waals surface area contributed by atoms with Crippen LogP contribution in [0.25, 0.3) is 0 Å². The summed E-state index contributed by atoms with van der Waals surface area (Å²) >= 11 is 0. The maximum absolute atomic E-state index is 12.7. The van der Waals surface area contributed by atoms with E-state index in [0.717, 1.165) is 11.1 Å². The Hall–Kier alpha value is -2.82. The van der Waals surface area contributed by atoms with Gasteiger partial charge in [0, 0.05) is 25.0 Å². The predicted molar refractivity (Wildman–Crippen MR) is 121 cm³/mol. The van der Waals surface area contributed by atoms with Gasteiger partial charge in [0.1, 0.15) is 11.6 Å². The minimum Gasteiger partial charge on any atom is -0.497 e. The SMILES string of the molecule is CCCNS(=O)(=O)CN1CC(c2ccc3c(c2)OCO3)C(C(=O)O)[C@H]1c1ccc(OC)cc1. The summed E-state index contributed by atoms with van der Waals surface area (Å²) in [6, 6.07) is 11.8. The molecule has 0 aromatic heterocycles. The lowest BCUT2D eigenvalue weighted by Gasteiger charge is -2.27. The molecule has 9 nitrogen and oxygen atoms in total. The minimum absolute atomic E-state index is 0.119. The smallest absolute Gasteiger partial charge is 0.309 e. The number of fused-ring (bicyclic) bond motifs is 1. The zero-order valence-electron chi connectivity index (χ0n) is 18.6. The van der Waals surface area contributed by atoms with Gasteiger partial charge in [-0.2, -0.15) is 0 Å². The highest BCUT2D eigenvalue weighted by atomic mass is 32.2. The van der Waals surface area contributed by atoms with E-state index in [4.69, 9.17) is 14.2 Å². The molecule has 0 saturated carbocycles. The molecule has 1 saturated heterocycles. The second-order valence-electron chi connectivity index (χ2n) is 8.21. The van der Waals surface area contributed by atoms with Gasteiger partial charge in [-0.15, -0.1) is 0 Å². The number of nitrogens with zero attached hydrogens (tertiary/aromatic N) is 1. The largest absolute Gasteiger partial charge is 0.497 e. The van der Waals surface area contributed by atoms with Gasteiger partial charge in [-0.1, -0.05) is 25.1 Å². The first kappa shape index (κ1) is 23.3. The van der Waals surface area contributed by atoms with Crippen molar-refractivity contribution in [2.24, 2.45) is 5.92 Å². The number of likely N-dealkylation sites (tertiary alicyclic amines) is 1. The molecular weight excluding hydrogens is 448 g/mol. The molecule has 1 fully saturated rings. The minimum atomic E-state index is -3.63. The Bertz CT molecular complexity index is 1100. The maximum Gasteiger partial charge on any atom is 0.309 e. The van der Waals surface area contributed by atoms with E-state index in [1.165, 1.54) is 0 Å². The third-order valence-electron chi connectivity index (χ3n) is 6.07. The number of hydrogen-bond acceptors (Lipinski definition) is 7. The first-order chi connectivity index (χ1) is 15.8. The number of sulfonamides is 1. The van der Waals surface area contributed by atoms with Crippen LogP contribution in [0, 0.1) is 5.92 Å². The standard InChI is InChI=1S/C23H28N2O7S/c1-3-10-24-33(28,29)13-25-12-18(16-6-9-19-20(11-16)32-14-31-19)21(23(26)27)22(25)15-4-7-17(30-2)8-5-15/h4-9,11,18,21-22,24H,3,10,12-14H2,1-2H3,(H,26,27)/t18?,21?,22-/m1/s1. The Morgan fingerprint density at radius 3 is 2.52 bits per heavy atom. The van der Waals surface area contributed by atoms with Gasteiger partial charge < -0.3 is 19.3 Å². The third-order valence-corrected chi connectivity index (χ3v) is 7.39. The van der Waals surface area contributed by atoms with Gasteiger partial charge >= 0.3 is 5.97 Å². The van der Waals surface area contributed by atoms with Gasteiger partial charge in [0.2, 0.25) is 16.8 Å². The second kappa shape index (κ2) is 9.58. The van der Waals surface area contributed by atoms with E-state index in [9.17, 15) is 18.3 Å². The van der Waals surface area contributed by atoms with Crippen LogP contribution in [0.4, 0.5) is 0 Å². The number of carboxylic acids is 1. The molecule has 0 bridgehead atoms. The molecule has 0 amide bonds. The molecule has 3 atom stereocenters. The molecule has 4 rings (SSSR count). The quantitative estimate of drug-likeness (QED) is 0.568. The van der Waals surface area contributed by atoms with Crippen molar-refractivity contribution in [2.45, 2.75) is 25.3 Å². The number of methoxy groups -OCH3 is 1. The second-order valence-corrected chi connectivity index (χ2v) is 9.99. The fourth-order valence-corrected chi connectivity index (χ4v) is 5.87.